The lowest BCUT2D eigenvalue weighted by Gasteiger charge is -2.16. The van der Waals surface area contributed by atoms with Crippen LogP contribution in [0.1, 0.15) is 27.9 Å². The molecule has 0 radical (unpaired) electrons. The van der Waals surface area contributed by atoms with Crippen molar-refractivity contribution in [1.29, 1.82) is 0 Å². The minimum atomic E-state index is -0.723. The van der Waals surface area contributed by atoms with Gasteiger partial charge in [0.15, 0.2) is 11.6 Å². The van der Waals surface area contributed by atoms with Crippen molar-refractivity contribution in [2.45, 2.75) is 12.6 Å². The van der Waals surface area contributed by atoms with Gasteiger partial charge in [0.25, 0.3) is 5.91 Å². The van der Waals surface area contributed by atoms with Gasteiger partial charge in [0.1, 0.15) is 18.6 Å². The van der Waals surface area contributed by atoms with Crippen LogP contribution in [0.4, 0.5) is 10.2 Å². The van der Waals surface area contributed by atoms with Crippen LogP contribution >= 0.6 is 0 Å². The number of amides is 1. The van der Waals surface area contributed by atoms with Crippen molar-refractivity contribution < 1.29 is 14.3 Å². The molecule has 11 heteroatoms. The van der Waals surface area contributed by atoms with Crippen LogP contribution in [0.5, 0.6) is 0 Å². The van der Waals surface area contributed by atoms with Gasteiger partial charge in [-0.2, -0.15) is 4.94 Å². The first-order valence-corrected chi connectivity index (χ1v) is 10.1. The van der Waals surface area contributed by atoms with E-state index in [9.17, 15) is 9.32 Å². The van der Waals surface area contributed by atoms with E-state index in [4.69, 9.17) is 0 Å². The molecule has 0 saturated carbocycles. The summed E-state index contributed by atoms with van der Waals surface area (Å²) in [4.78, 5) is 28.8. The number of nitrogens with one attached hydrogen (secondary N) is 2. The standard InChI is InChI=1S/C22H21FN8O2/c1-31-20(29-30-21(31)18-8-10-24-14-27-18)12-26-16-6-4-5-15(11-16)22(32)28-19(13-33-23)17-7-2-3-9-25-17/h2-11,14,19,26H,12-13H2,1H3,(H,28,32). The first-order chi connectivity index (χ1) is 16.2. The molecule has 2 N–H and O–H groups in total. The van der Waals surface area contributed by atoms with Gasteiger partial charge in [0.05, 0.1) is 18.3 Å². The smallest absolute Gasteiger partial charge is 0.251 e. The van der Waals surface area contributed by atoms with Crippen molar-refractivity contribution in [1.82, 2.24) is 35.0 Å². The van der Waals surface area contributed by atoms with E-state index in [-0.39, 0.29) is 12.5 Å². The summed E-state index contributed by atoms with van der Waals surface area (Å²) in [5.74, 6) is 0.933. The fraction of sp³-hybridized carbons (Fsp3) is 0.182. The molecular formula is C22H21FN8O2. The monoisotopic (exact) mass is 448 g/mol. The van der Waals surface area contributed by atoms with Gasteiger partial charge in [0, 0.05) is 30.7 Å². The van der Waals surface area contributed by atoms with Gasteiger partial charge in [0.2, 0.25) is 0 Å². The molecule has 0 saturated heterocycles. The van der Waals surface area contributed by atoms with Gasteiger partial charge in [-0.25, -0.2) is 9.97 Å². The molecule has 0 spiro atoms. The number of hydrogen-bond donors (Lipinski definition) is 2. The number of benzene rings is 1. The largest absolute Gasteiger partial charge is 0.378 e. The third-order valence-corrected chi connectivity index (χ3v) is 4.93. The summed E-state index contributed by atoms with van der Waals surface area (Å²) >= 11 is 0. The molecule has 0 fully saturated rings. The van der Waals surface area contributed by atoms with Crippen LogP contribution < -0.4 is 10.6 Å². The molecule has 0 aliphatic rings. The lowest BCUT2D eigenvalue weighted by molar-refractivity contribution is -0.139. The maximum atomic E-state index is 12.8. The normalized spacial score (nSPS) is 11.7. The summed E-state index contributed by atoms with van der Waals surface area (Å²) in [6.07, 6.45) is 4.67. The van der Waals surface area contributed by atoms with Crippen molar-refractivity contribution in [2.24, 2.45) is 7.05 Å². The molecule has 3 heterocycles. The molecule has 33 heavy (non-hydrogen) atoms. The predicted octanol–water partition coefficient (Wildman–Crippen LogP) is 2.65. The fourth-order valence-electron chi connectivity index (χ4n) is 3.20. The summed E-state index contributed by atoms with van der Waals surface area (Å²) in [5, 5.41) is 14.4. The van der Waals surface area contributed by atoms with Gasteiger partial charge < -0.3 is 15.2 Å². The second-order valence-corrected chi connectivity index (χ2v) is 7.08. The van der Waals surface area contributed by atoms with E-state index >= 15 is 0 Å². The Hall–Kier alpha value is -4.25. The second-order valence-electron chi connectivity index (χ2n) is 7.08. The number of anilines is 1. The topological polar surface area (TPSA) is 120 Å². The van der Waals surface area contributed by atoms with E-state index in [1.165, 1.54) is 6.33 Å². The van der Waals surface area contributed by atoms with Gasteiger partial charge in [-0.15, -0.1) is 10.2 Å². The van der Waals surface area contributed by atoms with E-state index in [2.05, 4.69) is 40.7 Å². The molecule has 4 aromatic rings. The third-order valence-electron chi connectivity index (χ3n) is 4.93. The zero-order valence-corrected chi connectivity index (χ0v) is 17.7. The highest BCUT2D eigenvalue weighted by atomic mass is 19.3. The van der Waals surface area contributed by atoms with Crippen LogP contribution in [-0.4, -0.2) is 42.2 Å². The molecule has 1 atom stereocenters. The summed E-state index contributed by atoms with van der Waals surface area (Å²) in [6, 6.07) is 13.2. The Morgan fingerprint density at radius 1 is 1.12 bits per heavy atom. The van der Waals surface area contributed by atoms with Crippen molar-refractivity contribution in [2.75, 3.05) is 11.9 Å². The number of nitrogens with zero attached hydrogens (tertiary/aromatic N) is 6. The molecule has 3 aromatic heterocycles. The van der Waals surface area contributed by atoms with E-state index in [0.29, 0.717) is 40.8 Å². The van der Waals surface area contributed by atoms with Gasteiger partial charge >= 0.3 is 0 Å². The van der Waals surface area contributed by atoms with Crippen LogP contribution in [0.15, 0.2) is 67.3 Å². The Bertz CT molecular complexity index is 1200. The van der Waals surface area contributed by atoms with Crippen molar-refractivity contribution >= 4 is 11.6 Å². The molecular weight excluding hydrogens is 427 g/mol. The zero-order chi connectivity index (χ0) is 23.0. The molecule has 1 amide bonds. The van der Waals surface area contributed by atoms with Gasteiger partial charge in [-0.05, 0) is 40.9 Å². The van der Waals surface area contributed by atoms with E-state index < -0.39 is 6.04 Å². The Morgan fingerprint density at radius 2 is 2.03 bits per heavy atom. The molecule has 0 aliphatic carbocycles. The van der Waals surface area contributed by atoms with E-state index in [0.717, 1.165) is 0 Å². The number of hydrogen-bond acceptors (Lipinski definition) is 8. The maximum Gasteiger partial charge on any atom is 0.251 e. The first kappa shape index (κ1) is 22.0. The predicted molar refractivity (Wildman–Crippen MR) is 117 cm³/mol. The number of carbonyl (C=O) groups excluding carboxylic acids is 1. The lowest BCUT2D eigenvalue weighted by atomic mass is 10.1. The summed E-state index contributed by atoms with van der Waals surface area (Å²) in [6.45, 7) is 0.0351. The first-order valence-electron chi connectivity index (χ1n) is 10.1. The third kappa shape index (κ3) is 5.33. The summed E-state index contributed by atoms with van der Waals surface area (Å²) in [5.41, 5.74) is 2.29. The molecule has 1 unspecified atom stereocenters. The molecule has 4 rings (SSSR count). The minimum Gasteiger partial charge on any atom is -0.378 e. The molecule has 1 aromatic carbocycles. The quantitative estimate of drug-likeness (QED) is 0.401. The van der Waals surface area contributed by atoms with Crippen LogP contribution in [0, 0.1) is 0 Å². The Morgan fingerprint density at radius 3 is 2.79 bits per heavy atom. The Kier molecular flexibility index (Phi) is 6.90. The van der Waals surface area contributed by atoms with Crippen LogP contribution in [0.25, 0.3) is 11.5 Å². The minimum absolute atomic E-state index is 0.346. The average Bonchev–Trinajstić information content (AvgIpc) is 3.23. The Balaban J connectivity index is 1.43. The average molecular weight is 448 g/mol. The SMILES string of the molecule is Cn1c(CNc2cccc(C(=O)NC(COF)c3ccccn3)c2)nnc1-c1ccncn1. The van der Waals surface area contributed by atoms with Gasteiger partial charge in [-0.3, -0.25) is 9.78 Å². The number of aromatic nitrogens is 6. The maximum absolute atomic E-state index is 12.8. The van der Waals surface area contributed by atoms with E-state index in [1.807, 2.05) is 17.7 Å². The summed E-state index contributed by atoms with van der Waals surface area (Å²) < 4.78 is 14.4. The van der Waals surface area contributed by atoms with Crippen LogP contribution in [0.2, 0.25) is 0 Å². The van der Waals surface area contributed by atoms with E-state index in [1.54, 1.807) is 54.9 Å². The highest BCUT2D eigenvalue weighted by Gasteiger charge is 2.18. The second kappa shape index (κ2) is 10.4. The van der Waals surface area contributed by atoms with Crippen LogP contribution in [-0.2, 0) is 18.5 Å². The molecule has 168 valence electrons. The van der Waals surface area contributed by atoms with Crippen LogP contribution in [0.3, 0.4) is 0 Å². The number of carbonyl (C=O) groups is 1. The number of pyridine rings is 1. The Labute approximate surface area is 188 Å². The number of halogens is 1. The highest BCUT2D eigenvalue weighted by Crippen LogP contribution is 2.17. The highest BCUT2D eigenvalue weighted by molar-refractivity contribution is 5.95. The van der Waals surface area contributed by atoms with Crippen molar-refractivity contribution in [3.8, 4) is 11.5 Å². The number of rotatable bonds is 9. The van der Waals surface area contributed by atoms with Crippen molar-refractivity contribution in [3.63, 3.8) is 0 Å². The van der Waals surface area contributed by atoms with Crippen molar-refractivity contribution in [3.05, 3.63) is 84.3 Å². The molecule has 10 nitrogen and oxygen atoms in total. The summed E-state index contributed by atoms with van der Waals surface area (Å²) in [7, 11) is 1.85. The van der Waals surface area contributed by atoms with Gasteiger partial charge in [-0.1, -0.05) is 12.1 Å². The fourth-order valence-corrected chi connectivity index (χ4v) is 3.20. The molecule has 0 aliphatic heterocycles. The zero-order valence-electron chi connectivity index (χ0n) is 17.7. The molecule has 0 bridgehead atoms. The lowest BCUT2D eigenvalue weighted by Crippen LogP contribution is -2.31.